The van der Waals surface area contributed by atoms with Gasteiger partial charge in [0, 0.05) is 18.0 Å². The van der Waals surface area contributed by atoms with Gasteiger partial charge in [-0.2, -0.15) is 0 Å². The molecule has 0 bridgehead atoms. The second kappa shape index (κ2) is 10.4. The lowest BCUT2D eigenvalue weighted by atomic mass is 9.79. The maximum absolute atomic E-state index is 12.5. The number of benzene rings is 1. The molecule has 4 rings (SSSR count). The van der Waals surface area contributed by atoms with E-state index in [1.807, 2.05) is 49.6 Å². The predicted molar refractivity (Wildman–Crippen MR) is 135 cm³/mol. The molecule has 8 nitrogen and oxygen atoms in total. The lowest BCUT2D eigenvalue weighted by molar-refractivity contribution is -0.127. The molecule has 3 aromatic rings. The summed E-state index contributed by atoms with van der Waals surface area (Å²) in [5.74, 6) is -0.978. The summed E-state index contributed by atoms with van der Waals surface area (Å²) < 4.78 is 1.91. The number of rotatable bonds is 7. The van der Waals surface area contributed by atoms with Gasteiger partial charge in [-0.25, -0.2) is 0 Å². The van der Waals surface area contributed by atoms with E-state index < -0.39 is 11.7 Å². The van der Waals surface area contributed by atoms with Crippen LogP contribution in [0.25, 0.3) is 17.1 Å². The summed E-state index contributed by atoms with van der Waals surface area (Å²) in [5, 5.41) is 28.5. The summed E-state index contributed by atoms with van der Waals surface area (Å²) in [6.07, 6.45) is 4.33. The van der Waals surface area contributed by atoms with Crippen molar-refractivity contribution >= 4 is 29.0 Å². The number of hydrogen-bond acceptors (Lipinski definition) is 8. The average molecular weight is 490 g/mol. The number of thioether (sulfide) groups is 1. The Morgan fingerprint density at radius 1 is 1.23 bits per heavy atom. The van der Waals surface area contributed by atoms with Gasteiger partial charge < -0.3 is 10.5 Å². The highest BCUT2D eigenvalue weighted by Gasteiger charge is 2.37. The first-order chi connectivity index (χ1) is 16.8. The Morgan fingerprint density at radius 2 is 2.03 bits per heavy atom. The largest absolute Gasteiger partial charge is 0.511 e. The molecule has 1 saturated carbocycles. The standard InChI is InChI=1S/C26H27N5O3S/c1-4-6-18-20(32)12-21(33)23(24(18)27)22(34)14-35-26-30-29-25(17-7-5-10-28-13-17)31(26)19-9-8-15(2)11-16(19)3/h5,7-11,13,18,27,34H,4,6,12,14H2,1-3H3. The molecule has 0 spiro atoms. The lowest BCUT2D eigenvalue weighted by Crippen LogP contribution is -2.36. The van der Waals surface area contributed by atoms with Crippen LogP contribution < -0.4 is 0 Å². The van der Waals surface area contributed by atoms with Crippen LogP contribution in [0.15, 0.2) is 59.2 Å². The van der Waals surface area contributed by atoms with Crippen molar-refractivity contribution in [1.82, 2.24) is 19.7 Å². The zero-order chi connectivity index (χ0) is 25.1. The Morgan fingerprint density at radius 3 is 2.71 bits per heavy atom. The normalized spacial score (nSPS) is 17.7. The number of nitrogens with one attached hydrogen (secondary N) is 1. The molecule has 1 fully saturated rings. The number of aliphatic hydroxyl groups is 1. The van der Waals surface area contributed by atoms with Crippen LogP contribution in [0, 0.1) is 25.2 Å². The van der Waals surface area contributed by atoms with Crippen LogP contribution in [0.2, 0.25) is 0 Å². The molecule has 35 heavy (non-hydrogen) atoms. The summed E-state index contributed by atoms with van der Waals surface area (Å²) in [4.78, 5) is 29.0. The first-order valence-corrected chi connectivity index (χ1v) is 12.4. The van der Waals surface area contributed by atoms with Crippen LogP contribution in [0.3, 0.4) is 0 Å². The zero-order valence-corrected chi connectivity index (χ0v) is 20.7. The molecule has 0 aliphatic heterocycles. The summed E-state index contributed by atoms with van der Waals surface area (Å²) in [5.41, 5.74) is 3.72. The minimum absolute atomic E-state index is 0.0204. The number of Topliss-reactive ketones (excluding diaryl/α,β-unsaturated/α-hetero) is 2. The molecule has 1 atom stereocenters. The Kier molecular flexibility index (Phi) is 7.25. The van der Waals surface area contributed by atoms with E-state index in [-0.39, 0.29) is 35.0 Å². The highest BCUT2D eigenvalue weighted by atomic mass is 32.2. The third-order valence-electron chi connectivity index (χ3n) is 5.97. The third kappa shape index (κ3) is 4.95. The van der Waals surface area contributed by atoms with Gasteiger partial charge in [0.25, 0.3) is 0 Å². The third-order valence-corrected chi connectivity index (χ3v) is 6.91. The minimum Gasteiger partial charge on any atom is -0.511 e. The monoisotopic (exact) mass is 489 g/mol. The van der Waals surface area contributed by atoms with E-state index in [1.165, 1.54) is 11.8 Å². The van der Waals surface area contributed by atoms with Crippen LogP contribution in [0.4, 0.5) is 0 Å². The van der Waals surface area contributed by atoms with Gasteiger partial charge in [0.2, 0.25) is 0 Å². The highest BCUT2D eigenvalue weighted by molar-refractivity contribution is 7.99. The molecule has 1 aromatic carbocycles. The van der Waals surface area contributed by atoms with Crippen LogP contribution in [0.5, 0.6) is 0 Å². The van der Waals surface area contributed by atoms with Crippen molar-refractivity contribution in [3.63, 3.8) is 0 Å². The van der Waals surface area contributed by atoms with Crippen molar-refractivity contribution in [2.75, 3.05) is 5.75 Å². The Labute approximate surface area is 208 Å². The van der Waals surface area contributed by atoms with Crippen molar-refractivity contribution in [3.8, 4) is 17.1 Å². The van der Waals surface area contributed by atoms with Gasteiger partial charge in [-0.15, -0.1) is 10.2 Å². The maximum atomic E-state index is 12.5. The number of pyridine rings is 1. The van der Waals surface area contributed by atoms with E-state index in [1.54, 1.807) is 12.4 Å². The van der Waals surface area contributed by atoms with Gasteiger partial charge in [-0.05, 0) is 44.0 Å². The lowest BCUT2D eigenvalue weighted by Gasteiger charge is -2.23. The first kappa shape index (κ1) is 24.5. The fourth-order valence-electron chi connectivity index (χ4n) is 4.29. The summed E-state index contributed by atoms with van der Waals surface area (Å²) >= 11 is 1.22. The van der Waals surface area contributed by atoms with E-state index in [0.717, 1.165) is 22.4 Å². The zero-order valence-electron chi connectivity index (χ0n) is 19.9. The maximum Gasteiger partial charge on any atom is 0.196 e. The second-order valence-electron chi connectivity index (χ2n) is 8.60. The number of allylic oxidation sites excluding steroid dienone is 1. The topological polar surface area (TPSA) is 122 Å². The molecule has 1 aliphatic carbocycles. The number of nitrogens with zero attached hydrogens (tertiary/aromatic N) is 4. The van der Waals surface area contributed by atoms with Gasteiger partial charge in [-0.1, -0.05) is 42.8 Å². The van der Waals surface area contributed by atoms with Crippen molar-refractivity contribution in [2.45, 2.75) is 45.2 Å². The Hall–Kier alpha value is -3.59. The average Bonchev–Trinajstić information content (AvgIpc) is 3.24. The molecule has 2 N–H and O–H groups in total. The van der Waals surface area contributed by atoms with Gasteiger partial charge in [-0.3, -0.25) is 19.1 Å². The highest BCUT2D eigenvalue weighted by Crippen LogP contribution is 2.32. The SMILES string of the molecule is CCCC1C(=N)C(=C(O)CSc2nnc(-c3cccnc3)n2-c2ccc(C)cc2C)C(=O)CC1=O. The fraction of sp³-hybridized carbons (Fsp3) is 0.308. The van der Waals surface area contributed by atoms with Crippen LogP contribution in [-0.4, -0.2) is 47.9 Å². The molecule has 9 heteroatoms. The molecule has 0 radical (unpaired) electrons. The van der Waals surface area contributed by atoms with Gasteiger partial charge in [0.05, 0.1) is 35.1 Å². The molecule has 0 saturated heterocycles. The minimum atomic E-state index is -0.643. The molecule has 1 aliphatic rings. The number of aryl methyl sites for hydroxylation is 2. The van der Waals surface area contributed by atoms with Crippen LogP contribution in [0.1, 0.15) is 37.3 Å². The number of aliphatic hydroxyl groups excluding tert-OH is 1. The smallest absolute Gasteiger partial charge is 0.196 e. The van der Waals surface area contributed by atoms with Crippen molar-refractivity contribution in [3.05, 3.63) is 65.2 Å². The summed E-state index contributed by atoms with van der Waals surface area (Å²) in [6.45, 7) is 5.96. The van der Waals surface area contributed by atoms with E-state index in [2.05, 4.69) is 21.2 Å². The predicted octanol–water partition coefficient (Wildman–Crippen LogP) is 4.83. The second-order valence-corrected chi connectivity index (χ2v) is 9.55. The van der Waals surface area contributed by atoms with E-state index in [4.69, 9.17) is 5.41 Å². The molecular weight excluding hydrogens is 462 g/mol. The fourth-order valence-corrected chi connectivity index (χ4v) is 5.11. The van der Waals surface area contributed by atoms with Gasteiger partial charge in [0.1, 0.15) is 11.5 Å². The molecule has 2 aromatic heterocycles. The first-order valence-electron chi connectivity index (χ1n) is 11.4. The number of aromatic nitrogens is 4. The molecular formula is C26H27N5O3S. The Bertz CT molecular complexity index is 1330. The van der Waals surface area contributed by atoms with Gasteiger partial charge >= 0.3 is 0 Å². The number of hydrogen-bond donors (Lipinski definition) is 2. The van der Waals surface area contributed by atoms with Crippen molar-refractivity contribution in [2.24, 2.45) is 5.92 Å². The number of carbonyl (C=O) groups is 2. The molecule has 2 heterocycles. The van der Waals surface area contributed by atoms with Crippen LogP contribution in [-0.2, 0) is 9.59 Å². The summed E-state index contributed by atoms with van der Waals surface area (Å²) in [7, 11) is 0. The number of carbonyl (C=O) groups excluding carboxylic acids is 2. The van der Waals surface area contributed by atoms with Crippen molar-refractivity contribution < 1.29 is 14.7 Å². The molecule has 0 amide bonds. The quantitative estimate of drug-likeness (QED) is 0.211. The molecule has 1 unspecified atom stereocenters. The van der Waals surface area contributed by atoms with Crippen LogP contribution >= 0.6 is 11.8 Å². The van der Waals surface area contributed by atoms with E-state index in [9.17, 15) is 14.7 Å². The molecule has 180 valence electrons. The van der Waals surface area contributed by atoms with E-state index >= 15 is 0 Å². The van der Waals surface area contributed by atoms with Crippen molar-refractivity contribution in [1.29, 1.82) is 5.41 Å². The van der Waals surface area contributed by atoms with E-state index in [0.29, 0.717) is 23.8 Å². The Balaban J connectivity index is 1.71. The van der Waals surface area contributed by atoms with Gasteiger partial charge in [0.15, 0.2) is 16.8 Å². The summed E-state index contributed by atoms with van der Waals surface area (Å²) in [6, 6.07) is 9.81. The number of ketones is 2.